The quantitative estimate of drug-likeness (QED) is 0.780. The van der Waals surface area contributed by atoms with Crippen LogP contribution in [0.25, 0.3) is 0 Å². The third-order valence-electron chi connectivity index (χ3n) is 2.94. The van der Waals surface area contributed by atoms with E-state index in [9.17, 15) is 4.79 Å². The predicted octanol–water partition coefficient (Wildman–Crippen LogP) is 3.50. The summed E-state index contributed by atoms with van der Waals surface area (Å²) >= 11 is 3.43. The molecular formula is C15H22BrNO2. The van der Waals surface area contributed by atoms with Gasteiger partial charge >= 0.3 is 5.97 Å². The number of nitrogens with two attached hydrogens (primary N) is 1. The van der Waals surface area contributed by atoms with Crippen LogP contribution in [0.2, 0.25) is 0 Å². The molecule has 1 atom stereocenters. The molecule has 0 unspecified atom stereocenters. The average molecular weight is 328 g/mol. The van der Waals surface area contributed by atoms with Crippen LogP contribution in [-0.2, 0) is 16.1 Å². The molecule has 1 rings (SSSR count). The molecule has 2 N–H and O–H groups in total. The minimum absolute atomic E-state index is 0.174. The fourth-order valence-corrected chi connectivity index (χ4v) is 2.40. The summed E-state index contributed by atoms with van der Waals surface area (Å²) in [5.74, 6) is 0.586. The van der Waals surface area contributed by atoms with Gasteiger partial charge < -0.3 is 10.5 Å². The topological polar surface area (TPSA) is 52.3 Å². The molecule has 0 bridgehead atoms. The van der Waals surface area contributed by atoms with E-state index < -0.39 is 0 Å². The van der Waals surface area contributed by atoms with Crippen molar-refractivity contribution in [1.29, 1.82) is 0 Å². The number of hydrogen-bond donors (Lipinski definition) is 1. The minimum Gasteiger partial charge on any atom is -0.461 e. The van der Waals surface area contributed by atoms with Crippen LogP contribution < -0.4 is 5.73 Å². The molecule has 0 fully saturated rings. The van der Waals surface area contributed by atoms with Gasteiger partial charge in [-0.05, 0) is 30.9 Å². The number of ether oxygens (including phenoxy) is 1. The summed E-state index contributed by atoms with van der Waals surface area (Å²) in [6.07, 6.45) is 1.36. The Morgan fingerprint density at radius 2 is 2.05 bits per heavy atom. The molecule has 0 spiro atoms. The first-order valence-electron chi connectivity index (χ1n) is 6.62. The molecule has 0 aliphatic rings. The number of hydrogen-bond acceptors (Lipinski definition) is 3. The second kappa shape index (κ2) is 8.33. The summed E-state index contributed by atoms with van der Waals surface area (Å²) in [6, 6.07) is 7.73. The zero-order valence-corrected chi connectivity index (χ0v) is 13.2. The van der Waals surface area contributed by atoms with E-state index in [1.807, 2.05) is 24.3 Å². The lowest BCUT2D eigenvalue weighted by atomic mass is 9.94. The average Bonchev–Trinajstić information content (AvgIpc) is 2.36. The van der Waals surface area contributed by atoms with Crippen LogP contribution in [0.5, 0.6) is 0 Å². The first-order chi connectivity index (χ1) is 9.02. The maximum Gasteiger partial charge on any atom is 0.306 e. The molecule has 0 heterocycles. The first kappa shape index (κ1) is 16.2. The predicted molar refractivity (Wildman–Crippen MR) is 80.6 cm³/mol. The maximum atomic E-state index is 11.8. The van der Waals surface area contributed by atoms with Crippen LogP contribution in [0.1, 0.15) is 32.3 Å². The lowest BCUT2D eigenvalue weighted by Crippen LogP contribution is -2.21. The van der Waals surface area contributed by atoms with Gasteiger partial charge in [-0.25, -0.2) is 0 Å². The van der Waals surface area contributed by atoms with Crippen molar-refractivity contribution in [3.8, 4) is 0 Å². The largest absolute Gasteiger partial charge is 0.461 e. The van der Waals surface area contributed by atoms with Crippen molar-refractivity contribution >= 4 is 21.9 Å². The monoisotopic (exact) mass is 327 g/mol. The highest BCUT2D eigenvalue weighted by Gasteiger charge is 2.15. The Hall–Kier alpha value is -0.870. The van der Waals surface area contributed by atoms with Gasteiger partial charge in [-0.3, -0.25) is 4.79 Å². The lowest BCUT2D eigenvalue weighted by molar-refractivity contribution is -0.146. The highest BCUT2D eigenvalue weighted by Crippen LogP contribution is 2.18. The highest BCUT2D eigenvalue weighted by molar-refractivity contribution is 9.10. The molecular weight excluding hydrogens is 306 g/mol. The van der Waals surface area contributed by atoms with E-state index in [0.29, 0.717) is 25.5 Å². The van der Waals surface area contributed by atoms with Gasteiger partial charge in [0, 0.05) is 16.5 Å². The van der Waals surface area contributed by atoms with E-state index >= 15 is 0 Å². The number of rotatable bonds is 7. The van der Waals surface area contributed by atoms with Gasteiger partial charge in [-0.1, -0.05) is 48.0 Å². The van der Waals surface area contributed by atoms with Gasteiger partial charge in [0.1, 0.15) is 6.61 Å². The summed E-state index contributed by atoms with van der Waals surface area (Å²) < 4.78 is 6.26. The molecule has 1 aromatic carbocycles. The number of carbonyl (C=O) groups excluding carboxylic acids is 1. The van der Waals surface area contributed by atoms with Crippen molar-refractivity contribution in [2.45, 2.75) is 33.3 Å². The molecule has 0 amide bonds. The normalized spacial score (nSPS) is 12.5. The number of carbonyl (C=O) groups is 1. The van der Waals surface area contributed by atoms with Crippen molar-refractivity contribution in [3.05, 3.63) is 34.3 Å². The molecule has 3 nitrogen and oxygen atoms in total. The van der Waals surface area contributed by atoms with Crippen molar-refractivity contribution in [3.63, 3.8) is 0 Å². The molecule has 0 aliphatic heterocycles. The van der Waals surface area contributed by atoms with E-state index in [2.05, 4.69) is 29.8 Å². The standard InChI is InChI=1S/C15H22BrNO2/c1-11(2)7-12(9-17)8-15(18)19-10-13-5-3-4-6-14(13)16/h3-6,11-12H,7-10,17H2,1-2H3/t12-/m0/s1. The number of benzene rings is 1. The Morgan fingerprint density at radius 3 is 2.63 bits per heavy atom. The van der Waals surface area contributed by atoms with Gasteiger partial charge in [0.25, 0.3) is 0 Å². The van der Waals surface area contributed by atoms with E-state index in [-0.39, 0.29) is 11.9 Å². The molecule has 0 saturated heterocycles. The summed E-state index contributed by atoms with van der Waals surface area (Å²) in [7, 11) is 0. The zero-order chi connectivity index (χ0) is 14.3. The van der Waals surface area contributed by atoms with Crippen LogP contribution in [0, 0.1) is 11.8 Å². The Kier molecular flexibility index (Phi) is 7.10. The van der Waals surface area contributed by atoms with Gasteiger partial charge in [-0.2, -0.15) is 0 Å². The second-order valence-corrected chi connectivity index (χ2v) is 6.04. The number of halogens is 1. The van der Waals surface area contributed by atoms with E-state index in [4.69, 9.17) is 10.5 Å². The molecule has 0 radical (unpaired) electrons. The second-order valence-electron chi connectivity index (χ2n) is 5.19. The Morgan fingerprint density at radius 1 is 1.37 bits per heavy atom. The summed E-state index contributed by atoms with van der Waals surface area (Å²) in [5, 5.41) is 0. The summed E-state index contributed by atoms with van der Waals surface area (Å²) in [6.45, 7) is 5.10. The van der Waals surface area contributed by atoms with Crippen molar-refractivity contribution in [1.82, 2.24) is 0 Å². The molecule has 4 heteroatoms. The molecule has 0 aromatic heterocycles. The van der Waals surface area contributed by atoms with E-state index in [1.54, 1.807) is 0 Å². The van der Waals surface area contributed by atoms with Crippen molar-refractivity contribution < 1.29 is 9.53 Å². The van der Waals surface area contributed by atoms with Crippen LogP contribution in [0.4, 0.5) is 0 Å². The molecule has 106 valence electrons. The minimum atomic E-state index is -0.174. The first-order valence-corrected chi connectivity index (χ1v) is 7.41. The Labute approximate surface area is 123 Å². The van der Waals surface area contributed by atoms with Gasteiger partial charge in [-0.15, -0.1) is 0 Å². The summed E-state index contributed by atoms with van der Waals surface area (Å²) in [4.78, 5) is 11.8. The zero-order valence-electron chi connectivity index (χ0n) is 11.6. The third-order valence-corrected chi connectivity index (χ3v) is 3.71. The molecule has 1 aromatic rings. The van der Waals surface area contributed by atoms with E-state index in [1.165, 1.54) is 0 Å². The van der Waals surface area contributed by atoms with Crippen LogP contribution >= 0.6 is 15.9 Å². The highest BCUT2D eigenvalue weighted by atomic mass is 79.9. The Balaban J connectivity index is 2.41. The number of esters is 1. The smallest absolute Gasteiger partial charge is 0.306 e. The fourth-order valence-electron chi connectivity index (χ4n) is 2.00. The van der Waals surface area contributed by atoms with Gasteiger partial charge in [0.05, 0.1) is 0 Å². The van der Waals surface area contributed by atoms with E-state index in [0.717, 1.165) is 16.5 Å². The molecule has 0 aliphatic carbocycles. The van der Waals surface area contributed by atoms with Gasteiger partial charge in [0.15, 0.2) is 0 Å². The fraction of sp³-hybridized carbons (Fsp3) is 0.533. The third kappa shape index (κ3) is 6.21. The Bertz CT molecular complexity index is 407. The van der Waals surface area contributed by atoms with Crippen LogP contribution in [0.15, 0.2) is 28.7 Å². The van der Waals surface area contributed by atoms with Crippen molar-refractivity contribution in [2.24, 2.45) is 17.6 Å². The van der Waals surface area contributed by atoms with Crippen LogP contribution in [0.3, 0.4) is 0 Å². The van der Waals surface area contributed by atoms with Crippen molar-refractivity contribution in [2.75, 3.05) is 6.54 Å². The molecule has 0 saturated carbocycles. The van der Waals surface area contributed by atoms with Gasteiger partial charge in [0.2, 0.25) is 0 Å². The van der Waals surface area contributed by atoms with Crippen LogP contribution in [-0.4, -0.2) is 12.5 Å². The maximum absolute atomic E-state index is 11.8. The summed E-state index contributed by atoms with van der Waals surface area (Å²) in [5.41, 5.74) is 6.66. The SMILES string of the molecule is CC(C)C[C@H](CN)CC(=O)OCc1ccccc1Br. The molecule has 19 heavy (non-hydrogen) atoms. The lowest BCUT2D eigenvalue weighted by Gasteiger charge is -2.16.